The van der Waals surface area contributed by atoms with E-state index in [2.05, 4.69) is 10.6 Å². The van der Waals surface area contributed by atoms with Gasteiger partial charge in [0.2, 0.25) is 5.91 Å². The van der Waals surface area contributed by atoms with Crippen LogP contribution in [0.3, 0.4) is 0 Å². The Bertz CT molecular complexity index is 775. The molecule has 0 radical (unpaired) electrons. The van der Waals surface area contributed by atoms with Gasteiger partial charge in [-0.25, -0.2) is 4.79 Å². The molecular formula is C22H29N3O3. The van der Waals surface area contributed by atoms with E-state index in [-0.39, 0.29) is 12.3 Å². The Labute approximate surface area is 166 Å². The summed E-state index contributed by atoms with van der Waals surface area (Å²) in [5, 5.41) is 5.55. The first kappa shape index (κ1) is 21.3. The smallest absolute Gasteiger partial charge is 0.312 e. The van der Waals surface area contributed by atoms with Crippen LogP contribution in [0.2, 0.25) is 0 Å². The highest BCUT2D eigenvalue weighted by Gasteiger charge is 2.18. The lowest BCUT2D eigenvalue weighted by molar-refractivity contribution is -0.121. The summed E-state index contributed by atoms with van der Waals surface area (Å²) in [5.74, 6) is 0.731. The summed E-state index contributed by atoms with van der Waals surface area (Å²) in [4.78, 5) is 23.6. The van der Waals surface area contributed by atoms with Crippen LogP contribution in [0.25, 0.3) is 0 Å². The van der Waals surface area contributed by atoms with Crippen molar-refractivity contribution < 1.29 is 14.3 Å². The summed E-state index contributed by atoms with van der Waals surface area (Å²) in [7, 11) is 0. The Hall–Kier alpha value is -3.02. The normalized spacial score (nSPS) is 11.5. The lowest BCUT2D eigenvalue weighted by Gasteiger charge is -2.19. The van der Waals surface area contributed by atoms with Crippen LogP contribution >= 0.6 is 0 Å². The minimum absolute atomic E-state index is 0.124. The Morgan fingerprint density at radius 2 is 1.75 bits per heavy atom. The lowest BCUT2D eigenvalue weighted by atomic mass is 9.98. The van der Waals surface area contributed by atoms with E-state index in [9.17, 15) is 9.59 Å². The molecule has 0 heterocycles. The van der Waals surface area contributed by atoms with Gasteiger partial charge in [0.25, 0.3) is 0 Å². The fourth-order valence-corrected chi connectivity index (χ4v) is 2.93. The molecule has 6 heteroatoms. The zero-order valence-electron chi connectivity index (χ0n) is 16.5. The highest BCUT2D eigenvalue weighted by molar-refractivity contribution is 5.78. The minimum atomic E-state index is -0.644. The molecule has 1 unspecified atom stereocenters. The van der Waals surface area contributed by atoms with E-state index in [4.69, 9.17) is 10.5 Å². The van der Waals surface area contributed by atoms with Gasteiger partial charge in [-0.15, -0.1) is 0 Å². The monoisotopic (exact) mass is 383 g/mol. The number of amides is 3. The van der Waals surface area contributed by atoms with E-state index in [1.807, 2.05) is 62.4 Å². The molecule has 1 atom stereocenters. The minimum Gasteiger partial charge on any atom is -0.494 e. The van der Waals surface area contributed by atoms with Gasteiger partial charge < -0.3 is 21.1 Å². The first-order valence-electron chi connectivity index (χ1n) is 9.53. The number of benzene rings is 2. The van der Waals surface area contributed by atoms with Gasteiger partial charge in [0.05, 0.1) is 19.1 Å². The van der Waals surface area contributed by atoms with Crippen molar-refractivity contribution in [2.75, 3.05) is 13.2 Å². The summed E-state index contributed by atoms with van der Waals surface area (Å²) in [6, 6.07) is 14.5. The third-order valence-corrected chi connectivity index (χ3v) is 4.45. The predicted molar refractivity (Wildman–Crippen MR) is 110 cm³/mol. The maximum Gasteiger partial charge on any atom is 0.312 e. The second-order valence-corrected chi connectivity index (χ2v) is 6.84. The number of carbonyl (C=O) groups excluding carboxylic acids is 2. The van der Waals surface area contributed by atoms with Gasteiger partial charge in [0.15, 0.2) is 0 Å². The molecule has 0 saturated carbocycles. The fourth-order valence-electron chi connectivity index (χ4n) is 2.93. The molecule has 0 fully saturated rings. The summed E-state index contributed by atoms with van der Waals surface area (Å²) >= 11 is 0. The molecule has 6 nitrogen and oxygen atoms in total. The number of hydrogen-bond donors (Lipinski definition) is 3. The highest BCUT2D eigenvalue weighted by Crippen LogP contribution is 2.20. The maximum atomic E-state index is 12.3. The Morgan fingerprint density at radius 1 is 1.04 bits per heavy atom. The van der Waals surface area contributed by atoms with Gasteiger partial charge in [0.1, 0.15) is 5.75 Å². The number of hydrogen-bond acceptors (Lipinski definition) is 3. The molecule has 150 valence electrons. The molecular weight excluding hydrogens is 354 g/mol. The zero-order chi connectivity index (χ0) is 20.4. The van der Waals surface area contributed by atoms with E-state index in [1.165, 1.54) is 5.56 Å². The number of primary amides is 1. The molecule has 2 rings (SSSR count). The Kier molecular flexibility index (Phi) is 8.34. The Balaban J connectivity index is 1.71. The van der Waals surface area contributed by atoms with E-state index in [1.54, 1.807) is 0 Å². The first-order chi connectivity index (χ1) is 13.5. The van der Waals surface area contributed by atoms with Crippen LogP contribution in [0, 0.1) is 13.8 Å². The first-order valence-corrected chi connectivity index (χ1v) is 9.53. The van der Waals surface area contributed by atoms with Crippen LogP contribution < -0.4 is 21.1 Å². The number of nitrogens with two attached hydrogens (primary N) is 1. The van der Waals surface area contributed by atoms with E-state index in [0.717, 1.165) is 29.7 Å². The number of nitrogens with one attached hydrogen (secondary N) is 2. The molecule has 2 aromatic rings. The van der Waals surface area contributed by atoms with Crippen molar-refractivity contribution in [3.05, 3.63) is 65.2 Å². The molecule has 0 aliphatic carbocycles. The molecule has 0 aliphatic heterocycles. The van der Waals surface area contributed by atoms with Gasteiger partial charge >= 0.3 is 6.03 Å². The van der Waals surface area contributed by atoms with Crippen LogP contribution in [-0.2, 0) is 4.79 Å². The van der Waals surface area contributed by atoms with Crippen LogP contribution in [0.4, 0.5) is 4.79 Å². The molecule has 3 amide bonds. The second kappa shape index (κ2) is 11.0. The Morgan fingerprint density at radius 3 is 2.43 bits per heavy atom. The van der Waals surface area contributed by atoms with Crippen LogP contribution in [-0.4, -0.2) is 25.1 Å². The molecule has 4 N–H and O–H groups in total. The van der Waals surface area contributed by atoms with Gasteiger partial charge in [-0.1, -0.05) is 42.0 Å². The number of rotatable bonds is 10. The molecule has 0 aromatic heterocycles. The average molecular weight is 383 g/mol. The molecule has 0 spiro atoms. The number of carbonyl (C=O) groups is 2. The van der Waals surface area contributed by atoms with Gasteiger partial charge in [0, 0.05) is 6.54 Å². The van der Waals surface area contributed by atoms with E-state index < -0.39 is 12.1 Å². The number of aryl methyl sites for hydroxylation is 2. The standard InChI is InChI=1S/C22H29N3O3/c1-16-9-11-18(12-10-16)28-14-6-5-13-24-21(26)15-20(25-22(23)27)19-8-4-3-7-17(19)2/h3-4,7-12,20H,5-6,13-15H2,1-2H3,(H,24,26)(H3,23,25,27). The number of urea groups is 1. The number of unbranched alkanes of at least 4 members (excludes halogenated alkanes) is 1. The van der Waals surface area contributed by atoms with Gasteiger partial charge in [-0.05, 0) is 49.9 Å². The van der Waals surface area contributed by atoms with Crippen molar-refractivity contribution in [3.63, 3.8) is 0 Å². The number of ether oxygens (including phenoxy) is 1. The van der Waals surface area contributed by atoms with Crippen molar-refractivity contribution in [3.8, 4) is 5.75 Å². The topological polar surface area (TPSA) is 93.4 Å². The second-order valence-electron chi connectivity index (χ2n) is 6.84. The van der Waals surface area contributed by atoms with Crippen molar-refractivity contribution in [2.24, 2.45) is 5.73 Å². The summed E-state index contributed by atoms with van der Waals surface area (Å²) in [6.07, 6.45) is 1.80. The van der Waals surface area contributed by atoms with Crippen molar-refractivity contribution >= 4 is 11.9 Å². The SMILES string of the molecule is Cc1ccc(OCCCCNC(=O)CC(NC(N)=O)c2ccccc2C)cc1. The van der Waals surface area contributed by atoms with Gasteiger partial charge in [-0.2, -0.15) is 0 Å². The van der Waals surface area contributed by atoms with Crippen molar-refractivity contribution in [1.82, 2.24) is 10.6 Å². The highest BCUT2D eigenvalue weighted by atomic mass is 16.5. The summed E-state index contributed by atoms with van der Waals surface area (Å²) in [6.45, 7) is 5.15. The molecule has 0 bridgehead atoms. The van der Waals surface area contributed by atoms with E-state index >= 15 is 0 Å². The van der Waals surface area contributed by atoms with Crippen LogP contribution in [0.1, 0.15) is 42.0 Å². The molecule has 28 heavy (non-hydrogen) atoms. The molecule has 2 aromatic carbocycles. The van der Waals surface area contributed by atoms with Crippen molar-refractivity contribution in [2.45, 2.75) is 39.2 Å². The third kappa shape index (κ3) is 7.31. The van der Waals surface area contributed by atoms with Crippen molar-refractivity contribution in [1.29, 1.82) is 0 Å². The lowest BCUT2D eigenvalue weighted by Crippen LogP contribution is -2.37. The average Bonchev–Trinajstić information content (AvgIpc) is 2.65. The third-order valence-electron chi connectivity index (χ3n) is 4.45. The quantitative estimate of drug-likeness (QED) is 0.549. The zero-order valence-corrected chi connectivity index (χ0v) is 16.5. The molecule has 0 aliphatic rings. The van der Waals surface area contributed by atoms with Gasteiger partial charge in [-0.3, -0.25) is 4.79 Å². The maximum absolute atomic E-state index is 12.3. The van der Waals surface area contributed by atoms with Crippen LogP contribution in [0.5, 0.6) is 5.75 Å². The summed E-state index contributed by atoms with van der Waals surface area (Å²) in [5.41, 5.74) is 8.36. The molecule has 0 saturated heterocycles. The predicted octanol–water partition coefficient (Wildman–Crippen LogP) is 3.38. The summed E-state index contributed by atoms with van der Waals surface area (Å²) < 4.78 is 5.67. The fraction of sp³-hybridized carbons (Fsp3) is 0.364. The van der Waals surface area contributed by atoms with Crippen LogP contribution in [0.15, 0.2) is 48.5 Å². The van der Waals surface area contributed by atoms with E-state index in [0.29, 0.717) is 13.2 Å². The largest absolute Gasteiger partial charge is 0.494 e.